The minimum atomic E-state index is -1.72. The number of rotatable bonds is 9. The number of aryl methyl sites for hydroxylation is 2. The highest BCUT2D eigenvalue weighted by Crippen LogP contribution is 2.52. The Bertz CT molecular complexity index is 1990. The van der Waals surface area contributed by atoms with Gasteiger partial charge in [-0.05, 0) is 52.3 Å². The van der Waals surface area contributed by atoms with Gasteiger partial charge in [0.25, 0.3) is 0 Å². The van der Waals surface area contributed by atoms with E-state index >= 15 is 0 Å². The molecule has 0 spiro atoms. The number of amides is 2. The zero-order chi connectivity index (χ0) is 32.7. The molecule has 2 saturated heterocycles. The number of nitrogens with one attached hydrogen (secondary N) is 2. The van der Waals surface area contributed by atoms with Crippen LogP contribution in [0.5, 0.6) is 0 Å². The van der Waals surface area contributed by atoms with E-state index in [1.165, 1.54) is 4.90 Å². The smallest absolute Gasteiger partial charge is 0.325 e. The Morgan fingerprint density at radius 3 is 2.09 bits per heavy atom. The summed E-state index contributed by atoms with van der Waals surface area (Å²) in [6.07, 6.45) is 7.16. The van der Waals surface area contributed by atoms with Crippen molar-refractivity contribution in [2.24, 2.45) is 11.8 Å². The lowest BCUT2D eigenvalue weighted by atomic mass is 9.76. The summed E-state index contributed by atoms with van der Waals surface area (Å²) in [6, 6.07) is 30.7. The third-order valence-corrected chi connectivity index (χ3v) is 9.93. The summed E-state index contributed by atoms with van der Waals surface area (Å²) < 4.78 is 0. The fourth-order valence-electron chi connectivity index (χ4n) is 7.60. The van der Waals surface area contributed by atoms with E-state index in [9.17, 15) is 19.5 Å². The average molecular weight is 624 g/mol. The van der Waals surface area contributed by atoms with E-state index < -0.39 is 35.3 Å². The second kappa shape index (κ2) is 12.2. The van der Waals surface area contributed by atoms with Crippen LogP contribution in [0.2, 0.25) is 0 Å². The van der Waals surface area contributed by atoms with E-state index in [2.05, 4.69) is 10.3 Å². The normalized spacial score (nSPS) is 22.4. The van der Waals surface area contributed by atoms with Crippen molar-refractivity contribution in [3.05, 3.63) is 137 Å². The van der Waals surface area contributed by atoms with Gasteiger partial charge in [0.05, 0.1) is 17.5 Å². The van der Waals surface area contributed by atoms with Gasteiger partial charge in [0.15, 0.2) is 0 Å². The maximum atomic E-state index is 14.7. The van der Waals surface area contributed by atoms with Crippen LogP contribution < -0.4 is 10.2 Å². The lowest BCUT2D eigenvalue weighted by Crippen LogP contribution is -2.57. The Labute approximate surface area is 273 Å². The summed E-state index contributed by atoms with van der Waals surface area (Å²) >= 11 is 0. The number of aromatic nitrogens is 1. The number of benzene rings is 4. The second-order valence-electron chi connectivity index (χ2n) is 12.5. The van der Waals surface area contributed by atoms with Crippen molar-refractivity contribution in [3.8, 4) is 0 Å². The van der Waals surface area contributed by atoms with E-state index in [4.69, 9.17) is 0 Å². The Hall–Kier alpha value is -5.27. The fourth-order valence-corrected chi connectivity index (χ4v) is 7.60. The minimum absolute atomic E-state index is 0.0326. The van der Waals surface area contributed by atoms with Gasteiger partial charge in [0.1, 0.15) is 5.54 Å². The number of hydrogen-bond donors (Lipinski definition) is 3. The van der Waals surface area contributed by atoms with Crippen molar-refractivity contribution < 1.29 is 19.5 Å². The predicted molar refractivity (Wildman–Crippen MR) is 185 cm³/mol. The first-order chi connectivity index (χ1) is 22.9. The molecule has 0 aliphatic carbocycles. The van der Waals surface area contributed by atoms with Crippen LogP contribution in [0.4, 0.5) is 5.69 Å². The molecule has 1 aromatic heterocycles. The van der Waals surface area contributed by atoms with Crippen molar-refractivity contribution >= 4 is 46.5 Å². The molecule has 4 unspecified atom stereocenters. The molecule has 2 aliphatic heterocycles. The Balaban J connectivity index is 1.33. The SMILES string of the molecule is CCc1cccc(CC)c1N1C(=O)C2C(c3ccc(C=Cc4ccccc4)cc3)NC(Cc3c[nH]c4ccccc34)(C(=O)O)C2C1=O. The van der Waals surface area contributed by atoms with Crippen LogP contribution in [0, 0.1) is 11.8 Å². The average Bonchev–Trinajstić information content (AvgIpc) is 3.75. The summed E-state index contributed by atoms with van der Waals surface area (Å²) in [6.45, 7) is 4.00. The van der Waals surface area contributed by atoms with Crippen LogP contribution in [0.25, 0.3) is 23.1 Å². The number of carbonyl (C=O) groups excluding carboxylic acids is 2. The van der Waals surface area contributed by atoms with Crippen molar-refractivity contribution in [1.82, 2.24) is 10.3 Å². The van der Waals surface area contributed by atoms with Gasteiger partial charge in [-0.1, -0.05) is 117 Å². The molecule has 3 N–H and O–H groups in total. The van der Waals surface area contributed by atoms with Crippen molar-refractivity contribution in [3.63, 3.8) is 0 Å². The summed E-state index contributed by atoms with van der Waals surface area (Å²) in [5, 5.41) is 15.4. The summed E-state index contributed by atoms with van der Waals surface area (Å²) in [5.41, 5.74) is 5.14. The quantitative estimate of drug-likeness (QED) is 0.122. The first-order valence-electron chi connectivity index (χ1n) is 16.2. The molecule has 2 amide bonds. The summed E-state index contributed by atoms with van der Waals surface area (Å²) in [4.78, 5) is 47.4. The Morgan fingerprint density at radius 2 is 1.43 bits per heavy atom. The number of carboxylic acid groups (broad SMARTS) is 1. The number of hydrogen-bond acceptors (Lipinski definition) is 4. The van der Waals surface area contributed by atoms with Gasteiger partial charge in [-0.3, -0.25) is 19.7 Å². The molecule has 7 nitrogen and oxygen atoms in total. The molecule has 7 rings (SSSR count). The highest BCUT2D eigenvalue weighted by Gasteiger charge is 2.69. The van der Waals surface area contributed by atoms with Gasteiger partial charge in [-0.25, -0.2) is 4.90 Å². The first kappa shape index (κ1) is 30.4. The minimum Gasteiger partial charge on any atom is -0.480 e. The zero-order valence-electron chi connectivity index (χ0n) is 26.4. The monoisotopic (exact) mass is 623 g/mol. The van der Waals surface area contributed by atoms with Crippen LogP contribution in [0.1, 0.15) is 53.3 Å². The first-order valence-corrected chi connectivity index (χ1v) is 16.2. The number of para-hydroxylation sites is 2. The van der Waals surface area contributed by atoms with Crippen LogP contribution in [-0.2, 0) is 33.6 Å². The topological polar surface area (TPSA) is 102 Å². The fraction of sp³-hybridized carbons (Fsp3) is 0.225. The number of aliphatic carboxylic acids is 1. The number of anilines is 1. The summed E-state index contributed by atoms with van der Waals surface area (Å²) in [5.74, 6) is -3.98. The molecule has 2 aliphatic rings. The van der Waals surface area contributed by atoms with Gasteiger partial charge in [0.2, 0.25) is 11.8 Å². The van der Waals surface area contributed by atoms with E-state index in [1.54, 1.807) is 0 Å². The number of aromatic amines is 1. The second-order valence-corrected chi connectivity index (χ2v) is 12.5. The number of carbonyl (C=O) groups is 3. The van der Waals surface area contributed by atoms with Gasteiger partial charge in [-0.2, -0.15) is 0 Å². The molecule has 3 heterocycles. The highest BCUT2D eigenvalue weighted by molar-refractivity contribution is 6.25. The van der Waals surface area contributed by atoms with E-state index in [-0.39, 0.29) is 12.3 Å². The van der Waals surface area contributed by atoms with Gasteiger partial charge in [-0.15, -0.1) is 0 Å². The lowest BCUT2D eigenvalue weighted by Gasteiger charge is -2.32. The zero-order valence-corrected chi connectivity index (χ0v) is 26.4. The van der Waals surface area contributed by atoms with Crippen molar-refractivity contribution in [1.29, 1.82) is 0 Å². The molecule has 4 aromatic carbocycles. The number of imide groups is 1. The molecular weight excluding hydrogens is 586 g/mol. The molecule has 7 heteroatoms. The number of H-pyrrole nitrogens is 1. The molecule has 2 fully saturated rings. The predicted octanol–water partition coefficient (Wildman–Crippen LogP) is 6.98. The van der Waals surface area contributed by atoms with E-state index in [0.29, 0.717) is 18.5 Å². The van der Waals surface area contributed by atoms with Crippen molar-refractivity contribution in [2.75, 3.05) is 4.90 Å². The van der Waals surface area contributed by atoms with Crippen LogP contribution >= 0.6 is 0 Å². The van der Waals surface area contributed by atoms with Crippen LogP contribution in [0.3, 0.4) is 0 Å². The number of fused-ring (bicyclic) bond motifs is 2. The molecule has 5 aromatic rings. The van der Waals surface area contributed by atoms with Gasteiger partial charge in [0, 0.05) is 29.6 Å². The third kappa shape index (κ3) is 5.07. The summed E-state index contributed by atoms with van der Waals surface area (Å²) in [7, 11) is 0. The third-order valence-electron chi connectivity index (χ3n) is 9.93. The lowest BCUT2D eigenvalue weighted by molar-refractivity contribution is -0.148. The number of carboxylic acids is 1. The van der Waals surface area contributed by atoms with E-state index in [0.717, 1.165) is 44.3 Å². The van der Waals surface area contributed by atoms with Crippen molar-refractivity contribution in [2.45, 2.75) is 44.7 Å². The molecule has 4 atom stereocenters. The molecule has 47 heavy (non-hydrogen) atoms. The van der Waals surface area contributed by atoms with E-state index in [1.807, 2.05) is 129 Å². The molecule has 0 radical (unpaired) electrons. The van der Waals surface area contributed by atoms with Crippen LogP contribution in [-0.4, -0.2) is 33.4 Å². The largest absolute Gasteiger partial charge is 0.480 e. The molecular formula is C40H37N3O4. The maximum absolute atomic E-state index is 14.7. The Morgan fingerprint density at radius 1 is 0.787 bits per heavy atom. The number of nitrogens with zero attached hydrogens (tertiary/aromatic N) is 1. The van der Waals surface area contributed by atoms with Crippen LogP contribution in [0.15, 0.2) is 103 Å². The molecule has 0 saturated carbocycles. The molecule has 236 valence electrons. The van der Waals surface area contributed by atoms with Gasteiger partial charge < -0.3 is 10.1 Å². The maximum Gasteiger partial charge on any atom is 0.325 e. The highest BCUT2D eigenvalue weighted by atomic mass is 16.4. The standard InChI is InChI=1S/C40H37N3O4/c1-3-27-13-10-14-28(4-2)36(27)43-37(44)33-34(38(43)45)40(39(46)47,23-30-24-41-32-16-9-8-15-31(30)32)42-35(33)29-21-19-26(20-22-29)18-17-25-11-6-5-7-12-25/h5-22,24,33-35,41-42H,3-4,23H2,1-2H3,(H,46,47). The van der Waals surface area contributed by atoms with Gasteiger partial charge >= 0.3 is 5.97 Å². The molecule has 0 bridgehead atoms. The Kier molecular flexibility index (Phi) is 7.86.